The Balaban J connectivity index is 2.79. The van der Waals surface area contributed by atoms with Crippen LogP contribution >= 0.6 is 0 Å². The molecule has 0 saturated heterocycles. The summed E-state index contributed by atoms with van der Waals surface area (Å²) in [4.78, 5) is 0. The lowest BCUT2D eigenvalue weighted by Crippen LogP contribution is -2.25. The lowest BCUT2D eigenvalue weighted by atomic mass is 9.89. The third-order valence-corrected chi connectivity index (χ3v) is 2.07. The average molecular weight is 176 g/mol. The maximum Gasteiger partial charge on any atom is 0.395 e. The molecule has 0 aromatic rings. The maximum atomic E-state index is 12.3. The fourth-order valence-corrected chi connectivity index (χ4v) is 1.38. The molecular formula is C9H11F3. The summed E-state index contributed by atoms with van der Waals surface area (Å²) in [6.07, 6.45) is 1.34. The van der Waals surface area contributed by atoms with Crippen LogP contribution in [0.4, 0.5) is 13.2 Å². The molecule has 0 bridgehead atoms. The van der Waals surface area contributed by atoms with Crippen LogP contribution in [0, 0.1) is 5.92 Å². The quantitative estimate of drug-likeness (QED) is 0.574. The Morgan fingerprint density at radius 1 is 1.50 bits per heavy atom. The molecule has 0 N–H and O–H groups in total. The van der Waals surface area contributed by atoms with Gasteiger partial charge < -0.3 is 0 Å². The normalized spacial score (nSPS) is 24.0. The first-order valence-corrected chi connectivity index (χ1v) is 3.98. The minimum atomic E-state index is -4.08. The third-order valence-electron chi connectivity index (χ3n) is 2.07. The van der Waals surface area contributed by atoms with Crippen molar-refractivity contribution in [3.8, 4) is 0 Å². The summed E-state index contributed by atoms with van der Waals surface area (Å²) >= 11 is 0. The molecule has 1 atom stereocenters. The number of hydrogen-bond donors (Lipinski definition) is 0. The highest BCUT2D eigenvalue weighted by Gasteiger charge is 2.40. The predicted octanol–water partition coefficient (Wildman–Crippen LogP) is 3.46. The molecule has 1 aliphatic carbocycles. The SMILES string of the molecule is CCC1=CC=CCC1C(F)(F)F. The third kappa shape index (κ3) is 1.90. The molecule has 0 heterocycles. The van der Waals surface area contributed by atoms with Crippen molar-refractivity contribution in [2.24, 2.45) is 5.92 Å². The van der Waals surface area contributed by atoms with Crippen molar-refractivity contribution < 1.29 is 13.2 Å². The van der Waals surface area contributed by atoms with Crippen molar-refractivity contribution in [1.29, 1.82) is 0 Å². The standard InChI is InChI=1S/C9H11F3/c1-2-7-5-3-4-6-8(7)9(10,11)12/h3-5,8H,2,6H2,1H3. The van der Waals surface area contributed by atoms with Crippen LogP contribution in [0.3, 0.4) is 0 Å². The van der Waals surface area contributed by atoms with E-state index in [1.165, 1.54) is 0 Å². The number of alkyl halides is 3. The van der Waals surface area contributed by atoms with Crippen LogP contribution in [-0.2, 0) is 0 Å². The van der Waals surface area contributed by atoms with Gasteiger partial charge in [0.1, 0.15) is 0 Å². The largest absolute Gasteiger partial charge is 0.395 e. The molecule has 12 heavy (non-hydrogen) atoms. The Morgan fingerprint density at radius 2 is 2.17 bits per heavy atom. The first kappa shape index (κ1) is 9.36. The maximum absolute atomic E-state index is 12.3. The summed E-state index contributed by atoms with van der Waals surface area (Å²) in [7, 11) is 0. The monoisotopic (exact) mass is 176 g/mol. The van der Waals surface area contributed by atoms with Gasteiger partial charge in [0.05, 0.1) is 5.92 Å². The van der Waals surface area contributed by atoms with Crippen LogP contribution in [0.5, 0.6) is 0 Å². The van der Waals surface area contributed by atoms with E-state index >= 15 is 0 Å². The Morgan fingerprint density at radius 3 is 2.58 bits per heavy atom. The lowest BCUT2D eigenvalue weighted by molar-refractivity contribution is -0.163. The van der Waals surface area contributed by atoms with Gasteiger partial charge in [-0.3, -0.25) is 0 Å². The second kappa shape index (κ2) is 3.33. The number of rotatable bonds is 1. The van der Waals surface area contributed by atoms with Crippen molar-refractivity contribution in [2.75, 3.05) is 0 Å². The highest BCUT2D eigenvalue weighted by molar-refractivity contribution is 5.22. The van der Waals surface area contributed by atoms with E-state index in [9.17, 15) is 13.2 Å². The second-order valence-electron chi connectivity index (χ2n) is 2.85. The second-order valence-corrected chi connectivity index (χ2v) is 2.85. The molecule has 0 amide bonds. The summed E-state index contributed by atoms with van der Waals surface area (Å²) in [5, 5.41) is 0. The van der Waals surface area contributed by atoms with Crippen LogP contribution < -0.4 is 0 Å². The van der Waals surface area contributed by atoms with Gasteiger partial charge in [0.15, 0.2) is 0 Å². The first-order chi connectivity index (χ1) is 5.55. The van der Waals surface area contributed by atoms with Crippen LogP contribution in [0.25, 0.3) is 0 Å². The number of allylic oxidation sites excluding steroid dienone is 4. The van der Waals surface area contributed by atoms with Crippen molar-refractivity contribution in [3.05, 3.63) is 23.8 Å². The minimum absolute atomic E-state index is 0.100. The van der Waals surface area contributed by atoms with Gasteiger partial charge in [-0.2, -0.15) is 13.2 Å². The van der Waals surface area contributed by atoms with Gasteiger partial charge in [-0.1, -0.05) is 30.7 Å². The van der Waals surface area contributed by atoms with Crippen LogP contribution in [0.15, 0.2) is 23.8 Å². The Labute approximate surface area is 69.8 Å². The van der Waals surface area contributed by atoms with Gasteiger partial charge in [-0.05, 0) is 12.8 Å². The molecule has 0 radical (unpaired) electrons. The molecule has 68 valence electrons. The molecule has 0 aliphatic heterocycles. The van der Waals surface area contributed by atoms with E-state index in [1.807, 2.05) is 0 Å². The van der Waals surface area contributed by atoms with Crippen LogP contribution in [0.2, 0.25) is 0 Å². The minimum Gasteiger partial charge on any atom is -0.170 e. The van der Waals surface area contributed by atoms with Crippen molar-refractivity contribution in [2.45, 2.75) is 25.9 Å². The fraction of sp³-hybridized carbons (Fsp3) is 0.556. The molecule has 3 heteroatoms. The van der Waals surface area contributed by atoms with Gasteiger partial charge in [-0.15, -0.1) is 0 Å². The molecule has 1 unspecified atom stereocenters. The van der Waals surface area contributed by atoms with Crippen molar-refractivity contribution in [1.82, 2.24) is 0 Å². The topological polar surface area (TPSA) is 0 Å². The molecule has 0 aromatic heterocycles. The first-order valence-electron chi connectivity index (χ1n) is 3.98. The van der Waals surface area contributed by atoms with Gasteiger partial charge in [-0.25, -0.2) is 0 Å². The van der Waals surface area contributed by atoms with E-state index in [0.29, 0.717) is 12.0 Å². The Bertz CT molecular complexity index is 210. The van der Waals surface area contributed by atoms with Gasteiger partial charge in [0.2, 0.25) is 0 Å². The van der Waals surface area contributed by atoms with Gasteiger partial charge in [0.25, 0.3) is 0 Å². The predicted molar refractivity (Wildman–Crippen MR) is 41.7 cm³/mol. The zero-order valence-corrected chi connectivity index (χ0v) is 6.86. The highest BCUT2D eigenvalue weighted by Crippen LogP contribution is 2.37. The van der Waals surface area contributed by atoms with Crippen LogP contribution in [0.1, 0.15) is 19.8 Å². The van der Waals surface area contributed by atoms with Gasteiger partial charge in [0, 0.05) is 0 Å². The summed E-state index contributed by atoms with van der Waals surface area (Å²) in [6.45, 7) is 1.75. The van der Waals surface area contributed by atoms with E-state index in [1.54, 1.807) is 25.2 Å². The van der Waals surface area contributed by atoms with Crippen molar-refractivity contribution in [3.63, 3.8) is 0 Å². The van der Waals surface area contributed by atoms with Gasteiger partial charge >= 0.3 is 6.18 Å². The highest BCUT2D eigenvalue weighted by atomic mass is 19.4. The number of hydrogen-bond acceptors (Lipinski definition) is 0. The lowest BCUT2D eigenvalue weighted by Gasteiger charge is -2.23. The number of halogens is 3. The van der Waals surface area contributed by atoms with Crippen LogP contribution in [-0.4, -0.2) is 6.18 Å². The fourth-order valence-electron chi connectivity index (χ4n) is 1.38. The zero-order valence-electron chi connectivity index (χ0n) is 6.86. The molecule has 1 aliphatic rings. The molecule has 0 aromatic carbocycles. The zero-order chi connectivity index (χ0) is 9.19. The van der Waals surface area contributed by atoms with E-state index in [0.717, 1.165) is 0 Å². The summed E-state index contributed by atoms with van der Waals surface area (Å²) in [5.41, 5.74) is 0.491. The smallest absolute Gasteiger partial charge is 0.170 e. The van der Waals surface area contributed by atoms with E-state index < -0.39 is 12.1 Å². The van der Waals surface area contributed by atoms with E-state index in [2.05, 4.69) is 0 Å². The average Bonchev–Trinajstić information content (AvgIpc) is 2.03. The summed E-state index contributed by atoms with van der Waals surface area (Å²) < 4.78 is 36.9. The Hall–Kier alpha value is -0.730. The summed E-state index contributed by atoms with van der Waals surface area (Å²) in [5.74, 6) is -1.24. The van der Waals surface area contributed by atoms with Crippen molar-refractivity contribution >= 4 is 0 Å². The van der Waals surface area contributed by atoms with E-state index in [-0.39, 0.29) is 6.42 Å². The molecule has 0 spiro atoms. The molecular weight excluding hydrogens is 165 g/mol. The Kier molecular flexibility index (Phi) is 2.60. The molecule has 0 saturated carbocycles. The molecule has 0 nitrogen and oxygen atoms in total. The summed E-state index contributed by atoms with van der Waals surface area (Å²) in [6, 6.07) is 0. The van der Waals surface area contributed by atoms with E-state index in [4.69, 9.17) is 0 Å². The molecule has 0 fully saturated rings. The molecule has 1 rings (SSSR count).